The molecule has 0 spiro atoms. The van der Waals surface area contributed by atoms with E-state index in [0.29, 0.717) is 0 Å². The van der Waals surface area contributed by atoms with Crippen LogP contribution in [0.1, 0.15) is 33.6 Å². The number of sulfonamides is 1. The standard InChI is InChI=1S/C15H22N2O5S2/c1-9(2)13(17-24(20,21)12-5-4-8-23-12)15(19)22-10(3)14(18)16-11-6-7-11/h4-5,8-11,13,17H,6-7H2,1-3H3,(H,16,18)/t10-,13+/m0/s1. The number of amides is 1. The average Bonchev–Trinajstić information content (AvgIpc) is 3.13. The van der Waals surface area contributed by atoms with Crippen LogP contribution in [0.15, 0.2) is 21.7 Å². The molecule has 1 aliphatic carbocycles. The topological polar surface area (TPSA) is 102 Å². The molecule has 1 saturated carbocycles. The molecule has 0 bridgehead atoms. The Labute approximate surface area is 145 Å². The summed E-state index contributed by atoms with van der Waals surface area (Å²) < 4.78 is 32.2. The number of thiophene rings is 1. The molecule has 0 aromatic carbocycles. The Hall–Kier alpha value is -1.45. The van der Waals surface area contributed by atoms with Gasteiger partial charge < -0.3 is 10.1 Å². The van der Waals surface area contributed by atoms with Gasteiger partial charge in [0.25, 0.3) is 15.9 Å². The fourth-order valence-electron chi connectivity index (χ4n) is 1.95. The van der Waals surface area contributed by atoms with E-state index in [-0.39, 0.29) is 22.1 Å². The molecule has 1 aliphatic rings. The lowest BCUT2D eigenvalue weighted by Gasteiger charge is -2.22. The molecule has 0 saturated heterocycles. The molecule has 2 atom stereocenters. The van der Waals surface area contributed by atoms with E-state index in [4.69, 9.17) is 4.74 Å². The first-order chi connectivity index (χ1) is 11.2. The summed E-state index contributed by atoms with van der Waals surface area (Å²) in [5.41, 5.74) is 0. The highest BCUT2D eigenvalue weighted by atomic mass is 32.2. The van der Waals surface area contributed by atoms with Crippen LogP contribution in [-0.2, 0) is 24.3 Å². The summed E-state index contributed by atoms with van der Waals surface area (Å²) in [5.74, 6) is -1.45. The molecular formula is C15H22N2O5S2. The minimum Gasteiger partial charge on any atom is -0.451 e. The first kappa shape index (κ1) is 18.9. The highest BCUT2D eigenvalue weighted by Gasteiger charge is 2.33. The maximum Gasteiger partial charge on any atom is 0.325 e. The Kier molecular flexibility index (Phi) is 6.00. The van der Waals surface area contributed by atoms with E-state index in [9.17, 15) is 18.0 Å². The third kappa shape index (κ3) is 5.02. The molecule has 134 valence electrons. The first-order valence-electron chi connectivity index (χ1n) is 7.77. The SMILES string of the molecule is CC(C)[C@@H](NS(=O)(=O)c1cccs1)C(=O)O[C@@H](C)C(=O)NC1CC1. The summed E-state index contributed by atoms with van der Waals surface area (Å²) in [7, 11) is -3.80. The van der Waals surface area contributed by atoms with Gasteiger partial charge in [-0.2, -0.15) is 4.72 Å². The van der Waals surface area contributed by atoms with Crippen molar-refractivity contribution in [2.24, 2.45) is 5.92 Å². The molecule has 2 N–H and O–H groups in total. The van der Waals surface area contributed by atoms with Gasteiger partial charge in [0.1, 0.15) is 10.3 Å². The van der Waals surface area contributed by atoms with Gasteiger partial charge in [-0.1, -0.05) is 19.9 Å². The molecule has 1 aromatic rings. The molecule has 1 fully saturated rings. The monoisotopic (exact) mass is 374 g/mol. The second-order valence-corrected chi connectivity index (χ2v) is 9.03. The van der Waals surface area contributed by atoms with Crippen LogP contribution in [0.2, 0.25) is 0 Å². The number of hydrogen-bond donors (Lipinski definition) is 2. The fraction of sp³-hybridized carbons (Fsp3) is 0.600. The summed E-state index contributed by atoms with van der Waals surface area (Å²) in [6, 6.07) is 2.18. The van der Waals surface area contributed by atoms with Crippen molar-refractivity contribution in [3.8, 4) is 0 Å². The van der Waals surface area contributed by atoms with Crippen LogP contribution < -0.4 is 10.0 Å². The first-order valence-corrected chi connectivity index (χ1v) is 10.1. The fourth-order valence-corrected chi connectivity index (χ4v) is 4.29. The second-order valence-electron chi connectivity index (χ2n) is 6.14. The average molecular weight is 374 g/mol. The van der Waals surface area contributed by atoms with Crippen LogP contribution in [0.4, 0.5) is 0 Å². The smallest absolute Gasteiger partial charge is 0.325 e. The van der Waals surface area contributed by atoms with Crippen molar-refractivity contribution in [2.75, 3.05) is 0 Å². The minimum absolute atomic E-state index is 0.125. The lowest BCUT2D eigenvalue weighted by molar-refractivity contribution is -0.157. The summed E-state index contributed by atoms with van der Waals surface area (Å²) in [6.45, 7) is 4.89. The van der Waals surface area contributed by atoms with E-state index in [1.54, 1.807) is 25.3 Å². The van der Waals surface area contributed by atoms with Gasteiger partial charge in [-0.25, -0.2) is 8.42 Å². The maximum absolute atomic E-state index is 12.3. The maximum atomic E-state index is 12.3. The Morgan fingerprint density at radius 1 is 1.29 bits per heavy atom. The van der Waals surface area contributed by atoms with Gasteiger partial charge in [0.2, 0.25) is 0 Å². The number of esters is 1. The van der Waals surface area contributed by atoms with E-state index in [2.05, 4.69) is 10.0 Å². The zero-order valence-electron chi connectivity index (χ0n) is 13.8. The number of nitrogens with one attached hydrogen (secondary N) is 2. The van der Waals surface area contributed by atoms with Gasteiger partial charge in [0.15, 0.2) is 6.10 Å². The van der Waals surface area contributed by atoms with Crippen LogP contribution >= 0.6 is 11.3 Å². The van der Waals surface area contributed by atoms with Gasteiger partial charge in [-0.05, 0) is 37.1 Å². The van der Waals surface area contributed by atoms with Gasteiger partial charge >= 0.3 is 5.97 Å². The Balaban J connectivity index is 2.01. The van der Waals surface area contributed by atoms with E-state index in [1.165, 1.54) is 13.0 Å². The number of ether oxygens (including phenoxy) is 1. The number of hydrogen-bond acceptors (Lipinski definition) is 6. The van der Waals surface area contributed by atoms with Crippen LogP contribution in [-0.4, -0.2) is 38.5 Å². The van der Waals surface area contributed by atoms with Gasteiger partial charge in [-0.15, -0.1) is 11.3 Å². The highest BCUT2D eigenvalue weighted by molar-refractivity contribution is 7.91. The van der Waals surface area contributed by atoms with Crippen molar-refractivity contribution in [3.63, 3.8) is 0 Å². The van der Waals surface area contributed by atoms with Crippen LogP contribution in [0, 0.1) is 5.92 Å². The van der Waals surface area contributed by atoms with Crippen LogP contribution in [0.5, 0.6) is 0 Å². The largest absolute Gasteiger partial charge is 0.451 e. The highest BCUT2D eigenvalue weighted by Crippen LogP contribution is 2.20. The van der Waals surface area contributed by atoms with Crippen molar-refractivity contribution >= 4 is 33.2 Å². The zero-order valence-corrected chi connectivity index (χ0v) is 15.4. The third-order valence-electron chi connectivity index (χ3n) is 3.55. The van der Waals surface area contributed by atoms with Gasteiger partial charge in [0.05, 0.1) is 0 Å². The normalized spacial score (nSPS) is 17.3. The summed E-state index contributed by atoms with van der Waals surface area (Å²) in [5, 5.41) is 4.39. The van der Waals surface area contributed by atoms with E-state index < -0.39 is 28.1 Å². The van der Waals surface area contributed by atoms with Crippen LogP contribution in [0.3, 0.4) is 0 Å². The van der Waals surface area contributed by atoms with Crippen molar-refractivity contribution < 1.29 is 22.7 Å². The summed E-state index contributed by atoms with van der Waals surface area (Å²) in [6.07, 6.45) is 0.897. The van der Waals surface area contributed by atoms with Crippen molar-refractivity contribution in [3.05, 3.63) is 17.5 Å². The summed E-state index contributed by atoms with van der Waals surface area (Å²) >= 11 is 1.06. The predicted octanol–water partition coefficient (Wildman–Crippen LogP) is 1.26. The zero-order chi connectivity index (χ0) is 17.9. The quantitative estimate of drug-likeness (QED) is 0.667. The summed E-state index contributed by atoms with van der Waals surface area (Å²) in [4.78, 5) is 24.2. The van der Waals surface area contributed by atoms with Crippen molar-refractivity contribution in [2.45, 2.75) is 56.0 Å². The van der Waals surface area contributed by atoms with Gasteiger partial charge in [-0.3, -0.25) is 9.59 Å². The molecule has 24 heavy (non-hydrogen) atoms. The van der Waals surface area contributed by atoms with E-state index in [1.807, 2.05) is 0 Å². The number of carbonyl (C=O) groups is 2. The van der Waals surface area contributed by atoms with Crippen molar-refractivity contribution in [1.29, 1.82) is 0 Å². The lowest BCUT2D eigenvalue weighted by atomic mass is 10.1. The number of rotatable bonds is 8. The Bertz CT molecular complexity index is 681. The molecular weight excluding hydrogens is 352 g/mol. The number of carbonyl (C=O) groups excluding carboxylic acids is 2. The second kappa shape index (κ2) is 7.62. The molecule has 9 heteroatoms. The molecule has 7 nitrogen and oxygen atoms in total. The Morgan fingerprint density at radius 3 is 2.46 bits per heavy atom. The van der Waals surface area contributed by atoms with Crippen molar-refractivity contribution in [1.82, 2.24) is 10.0 Å². The van der Waals surface area contributed by atoms with E-state index >= 15 is 0 Å². The molecule has 0 aliphatic heterocycles. The van der Waals surface area contributed by atoms with E-state index in [0.717, 1.165) is 24.2 Å². The third-order valence-corrected chi connectivity index (χ3v) is 6.39. The lowest BCUT2D eigenvalue weighted by Crippen LogP contribution is -2.47. The Morgan fingerprint density at radius 2 is 1.96 bits per heavy atom. The molecule has 0 unspecified atom stereocenters. The molecule has 1 aromatic heterocycles. The van der Waals surface area contributed by atoms with Gasteiger partial charge in [0, 0.05) is 6.04 Å². The molecule has 2 rings (SSSR count). The molecule has 0 radical (unpaired) electrons. The van der Waals surface area contributed by atoms with Crippen LogP contribution in [0.25, 0.3) is 0 Å². The minimum atomic E-state index is -3.80. The molecule has 1 heterocycles. The predicted molar refractivity (Wildman–Crippen MR) is 90.0 cm³/mol. The molecule has 1 amide bonds.